The van der Waals surface area contributed by atoms with Gasteiger partial charge in [0.25, 0.3) is 0 Å². The molecule has 0 radical (unpaired) electrons. The highest BCUT2D eigenvalue weighted by Crippen LogP contribution is 2.58. The average Bonchev–Trinajstić information content (AvgIpc) is 3.21. The van der Waals surface area contributed by atoms with E-state index in [9.17, 15) is 14.0 Å². The van der Waals surface area contributed by atoms with E-state index in [1.54, 1.807) is 0 Å². The van der Waals surface area contributed by atoms with Gasteiger partial charge >= 0.3 is 0 Å². The van der Waals surface area contributed by atoms with Crippen LogP contribution in [0.4, 0.5) is 10.1 Å². The number of anilines is 1. The van der Waals surface area contributed by atoms with Crippen molar-refractivity contribution in [3.63, 3.8) is 0 Å². The molecule has 1 unspecified atom stereocenters. The van der Waals surface area contributed by atoms with Crippen molar-refractivity contribution in [2.45, 2.75) is 19.3 Å². The molecule has 1 heterocycles. The van der Waals surface area contributed by atoms with E-state index >= 15 is 0 Å². The lowest BCUT2D eigenvalue weighted by Crippen LogP contribution is -2.37. The van der Waals surface area contributed by atoms with E-state index in [2.05, 4.69) is 16.0 Å². The molecule has 0 bridgehead atoms. The molecule has 2 aliphatic rings. The largest absolute Gasteiger partial charge is 0.347 e. The Morgan fingerprint density at radius 3 is 2.59 bits per heavy atom. The Bertz CT molecular complexity index is 567. The first-order valence-electron chi connectivity index (χ1n) is 7.63. The molecular formula is C16H20FN3O2. The Labute approximate surface area is 128 Å². The number of halogens is 1. The molecule has 1 spiro atoms. The molecule has 0 aromatic heterocycles. The molecule has 1 aliphatic carbocycles. The van der Waals surface area contributed by atoms with Crippen molar-refractivity contribution in [1.82, 2.24) is 10.6 Å². The van der Waals surface area contributed by atoms with E-state index in [0.29, 0.717) is 5.69 Å². The van der Waals surface area contributed by atoms with Crippen molar-refractivity contribution < 1.29 is 14.0 Å². The molecule has 118 valence electrons. The summed E-state index contributed by atoms with van der Waals surface area (Å²) in [4.78, 5) is 23.9. The topological polar surface area (TPSA) is 70.2 Å². The van der Waals surface area contributed by atoms with E-state index in [-0.39, 0.29) is 35.5 Å². The van der Waals surface area contributed by atoms with Crippen molar-refractivity contribution in [2.75, 3.05) is 25.0 Å². The van der Waals surface area contributed by atoms with Crippen molar-refractivity contribution in [3.05, 3.63) is 30.1 Å². The molecule has 5 nitrogen and oxygen atoms in total. The zero-order valence-corrected chi connectivity index (χ0v) is 12.3. The maximum Gasteiger partial charge on any atom is 0.243 e. The molecule has 1 atom stereocenters. The molecule has 1 saturated carbocycles. The number of hydrogen-bond donors (Lipinski definition) is 3. The van der Waals surface area contributed by atoms with Crippen LogP contribution < -0.4 is 16.0 Å². The maximum atomic E-state index is 12.8. The predicted octanol–water partition coefficient (Wildman–Crippen LogP) is 1.27. The standard InChI is InChI=1S/C16H20FN3O2/c17-11-1-3-12(4-2-11)20-14(21)10-19-15(22)13-9-16(13)5-7-18-8-6-16/h1-4,13,18H,5-10H2,(H,19,22)(H,20,21). The lowest BCUT2D eigenvalue weighted by atomic mass is 9.92. The van der Waals surface area contributed by atoms with Crippen LogP contribution >= 0.6 is 0 Å². The fraction of sp³-hybridized carbons (Fsp3) is 0.500. The molecule has 3 rings (SSSR count). The van der Waals surface area contributed by atoms with Crippen LogP contribution in [0, 0.1) is 17.2 Å². The Morgan fingerprint density at radius 2 is 1.91 bits per heavy atom. The Balaban J connectivity index is 1.43. The van der Waals surface area contributed by atoms with Crippen LogP contribution in [0.2, 0.25) is 0 Å². The number of amides is 2. The third-order valence-electron chi connectivity index (χ3n) is 4.66. The minimum Gasteiger partial charge on any atom is -0.347 e. The van der Waals surface area contributed by atoms with Crippen LogP contribution in [0.3, 0.4) is 0 Å². The SMILES string of the molecule is O=C(CNC(=O)C1CC12CCNCC2)Nc1ccc(F)cc1. The van der Waals surface area contributed by atoms with Gasteiger partial charge in [0.15, 0.2) is 0 Å². The molecule has 1 aliphatic heterocycles. The Hall–Kier alpha value is -1.95. The minimum absolute atomic E-state index is 0.0313. The third kappa shape index (κ3) is 3.27. The normalized spacial score (nSPS) is 22.1. The van der Waals surface area contributed by atoms with E-state index in [1.165, 1.54) is 24.3 Å². The summed E-state index contributed by atoms with van der Waals surface area (Å²) in [6.45, 7) is 1.88. The van der Waals surface area contributed by atoms with Gasteiger partial charge in [-0.1, -0.05) is 0 Å². The van der Waals surface area contributed by atoms with Crippen LogP contribution in [0.5, 0.6) is 0 Å². The summed E-state index contributed by atoms with van der Waals surface area (Å²) in [5, 5.41) is 8.63. The third-order valence-corrected chi connectivity index (χ3v) is 4.66. The van der Waals surface area contributed by atoms with E-state index in [4.69, 9.17) is 0 Å². The minimum atomic E-state index is -0.354. The second-order valence-electron chi connectivity index (χ2n) is 6.14. The van der Waals surface area contributed by atoms with Gasteiger partial charge in [-0.25, -0.2) is 4.39 Å². The summed E-state index contributed by atoms with van der Waals surface area (Å²) in [6.07, 6.45) is 3.00. The number of nitrogens with one attached hydrogen (secondary N) is 3. The van der Waals surface area contributed by atoms with E-state index < -0.39 is 0 Å². The highest BCUT2D eigenvalue weighted by atomic mass is 19.1. The number of carbonyl (C=O) groups is 2. The molecule has 1 saturated heterocycles. The Morgan fingerprint density at radius 1 is 1.23 bits per heavy atom. The molecule has 1 aromatic rings. The number of piperidine rings is 1. The number of rotatable bonds is 4. The van der Waals surface area contributed by atoms with Crippen molar-refractivity contribution in [3.8, 4) is 0 Å². The average molecular weight is 305 g/mol. The highest BCUT2D eigenvalue weighted by molar-refractivity contribution is 5.95. The van der Waals surface area contributed by atoms with Gasteiger partial charge in [-0.05, 0) is 62.0 Å². The highest BCUT2D eigenvalue weighted by Gasteiger charge is 2.57. The van der Waals surface area contributed by atoms with Crippen LogP contribution in [0.25, 0.3) is 0 Å². The lowest BCUT2D eigenvalue weighted by molar-refractivity contribution is -0.125. The molecule has 3 N–H and O–H groups in total. The number of carbonyl (C=O) groups excluding carboxylic acids is 2. The summed E-state index contributed by atoms with van der Waals surface area (Å²) >= 11 is 0. The van der Waals surface area contributed by atoms with Gasteiger partial charge in [0.1, 0.15) is 5.82 Å². The number of benzene rings is 1. The quantitative estimate of drug-likeness (QED) is 0.784. The molecular weight excluding hydrogens is 285 g/mol. The summed E-state index contributed by atoms with van der Waals surface area (Å²) < 4.78 is 12.8. The van der Waals surface area contributed by atoms with Crippen molar-refractivity contribution in [1.29, 1.82) is 0 Å². The second-order valence-corrected chi connectivity index (χ2v) is 6.14. The molecule has 2 fully saturated rings. The summed E-state index contributed by atoms with van der Waals surface area (Å²) in [5.41, 5.74) is 0.685. The van der Waals surface area contributed by atoms with Gasteiger partial charge in [-0.15, -0.1) is 0 Å². The van der Waals surface area contributed by atoms with Gasteiger partial charge in [0.2, 0.25) is 11.8 Å². The van der Waals surface area contributed by atoms with Gasteiger partial charge in [-0.3, -0.25) is 9.59 Å². The lowest BCUT2D eigenvalue weighted by Gasteiger charge is -2.23. The van der Waals surface area contributed by atoms with Gasteiger partial charge < -0.3 is 16.0 Å². The maximum absolute atomic E-state index is 12.8. The summed E-state index contributed by atoms with van der Waals surface area (Å²) in [6, 6.07) is 5.53. The fourth-order valence-electron chi connectivity index (χ4n) is 3.22. The van der Waals surface area contributed by atoms with Crippen LogP contribution in [-0.4, -0.2) is 31.4 Å². The second kappa shape index (κ2) is 6.04. The van der Waals surface area contributed by atoms with Crippen molar-refractivity contribution in [2.24, 2.45) is 11.3 Å². The zero-order valence-electron chi connectivity index (χ0n) is 12.3. The predicted molar refractivity (Wildman–Crippen MR) is 80.7 cm³/mol. The first-order chi connectivity index (χ1) is 10.6. The van der Waals surface area contributed by atoms with Crippen LogP contribution in [-0.2, 0) is 9.59 Å². The van der Waals surface area contributed by atoms with E-state index in [1.807, 2.05) is 0 Å². The first-order valence-corrected chi connectivity index (χ1v) is 7.63. The summed E-state index contributed by atoms with van der Waals surface area (Å²) in [7, 11) is 0. The fourth-order valence-corrected chi connectivity index (χ4v) is 3.22. The van der Waals surface area contributed by atoms with Gasteiger partial charge in [0, 0.05) is 11.6 Å². The van der Waals surface area contributed by atoms with Crippen molar-refractivity contribution >= 4 is 17.5 Å². The zero-order chi connectivity index (χ0) is 15.6. The smallest absolute Gasteiger partial charge is 0.243 e. The molecule has 6 heteroatoms. The van der Waals surface area contributed by atoms with Gasteiger partial charge in [0.05, 0.1) is 6.54 Å². The Kier molecular flexibility index (Phi) is 4.11. The summed E-state index contributed by atoms with van der Waals surface area (Å²) in [5.74, 6) is -0.642. The molecule has 1 aromatic carbocycles. The first kappa shape index (κ1) is 15.0. The molecule has 2 amide bonds. The van der Waals surface area contributed by atoms with Crippen LogP contribution in [0.1, 0.15) is 19.3 Å². The monoisotopic (exact) mass is 305 g/mol. The van der Waals surface area contributed by atoms with Crippen LogP contribution in [0.15, 0.2) is 24.3 Å². The van der Waals surface area contributed by atoms with Gasteiger partial charge in [-0.2, -0.15) is 0 Å². The molecule has 22 heavy (non-hydrogen) atoms. The van der Waals surface area contributed by atoms with E-state index in [0.717, 1.165) is 32.4 Å². The number of hydrogen-bond acceptors (Lipinski definition) is 3.